The molecule has 1 unspecified atom stereocenters. The van der Waals surface area contributed by atoms with Gasteiger partial charge < -0.3 is 5.11 Å². The highest BCUT2D eigenvalue weighted by Crippen LogP contribution is 1.98. The van der Waals surface area contributed by atoms with Gasteiger partial charge in [0.05, 0.1) is 0 Å². The van der Waals surface area contributed by atoms with E-state index in [0.29, 0.717) is 0 Å². The molecule has 0 fully saturated rings. The molecule has 7 heavy (non-hydrogen) atoms. The van der Waals surface area contributed by atoms with E-state index in [0.717, 1.165) is 6.08 Å². The highest BCUT2D eigenvalue weighted by Gasteiger charge is 2.07. The van der Waals surface area contributed by atoms with E-state index in [4.69, 9.17) is 18.1 Å². The molecule has 0 amide bonds. The minimum atomic E-state index is -1.24. The molecule has 1 radical (unpaired) electrons. The lowest BCUT2D eigenvalue weighted by Gasteiger charge is -2.06. The Bertz CT molecular complexity index is 106. The summed E-state index contributed by atoms with van der Waals surface area (Å²) < 4.78 is 0. The second-order valence-corrected chi connectivity index (χ2v) is 1.46. The molecule has 0 rings (SSSR count). The van der Waals surface area contributed by atoms with Gasteiger partial charge in [-0.2, -0.15) is 0 Å². The fourth-order valence-corrected chi connectivity index (χ4v) is 0.0481. The lowest BCUT2D eigenvalue weighted by Crippen LogP contribution is -2.15. The second kappa shape index (κ2) is 1.81. The highest BCUT2D eigenvalue weighted by molar-refractivity contribution is 5.13. The Labute approximate surface area is 43.7 Å². The first-order valence-electron chi connectivity index (χ1n) is 1.88. The predicted octanol–water partition coefficient (Wildman–Crippen LogP) is 0.360. The van der Waals surface area contributed by atoms with Crippen molar-refractivity contribution in [2.75, 3.05) is 0 Å². The molecule has 1 N–H and O–H groups in total. The summed E-state index contributed by atoms with van der Waals surface area (Å²) in [4.78, 5) is 0. The van der Waals surface area contributed by atoms with Crippen LogP contribution in [0.4, 0.5) is 0 Å². The molecule has 0 aromatic carbocycles. The first-order chi connectivity index (χ1) is 3.12. The Morgan fingerprint density at radius 3 is 2.29 bits per heavy atom. The van der Waals surface area contributed by atoms with Crippen LogP contribution < -0.4 is 0 Å². The third-order valence-corrected chi connectivity index (χ3v) is 0.617. The van der Waals surface area contributed by atoms with Crippen LogP contribution in [0.3, 0.4) is 0 Å². The summed E-state index contributed by atoms with van der Waals surface area (Å²) >= 11 is 0. The average Bonchev–Trinajstić information content (AvgIpc) is 1.68. The maximum absolute atomic E-state index is 8.72. The van der Waals surface area contributed by atoms with Crippen LogP contribution in [-0.4, -0.2) is 10.7 Å². The third kappa shape index (κ3) is 2.02. The minimum Gasteiger partial charge on any atom is -0.374 e. The zero-order chi connectivity index (χ0) is 5.91. The van der Waals surface area contributed by atoms with E-state index in [2.05, 4.69) is 5.92 Å². The smallest absolute Gasteiger partial charge is 0.141 e. The summed E-state index contributed by atoms with van der Waals surface area (Å²) in [6, 6.07) is 0. The Balaban J connectivity index is 3.91. The number of hydrogen-bond donors (Lipinski definition) is 1. The molecule has 1 atom stereocenters. The molecule has 0 bridgehead atoms. The van der Waals surface area contributed by atoms with Crippen molar-refractivity contribution in [3.63, 3.8) is 0 Å². The largest absolute Gasteiger partial charge is 0.374 e. The van der Waals surface area contributed by atoms with Crippen LogP contribution >= 0.6 is 0 Å². The molecule has 1 nitrogen and oxygen atoms in total. The fraction of sp³-hybridized carbons (Fsp3) is 0.333. The summed E-state index contributed by atoms with van der Waals surface area (Å²) in [6.07, 6.45) is 5.87. The van der Waals surface area contributed by atoms with Crippen molar-refractivity contribution in [2.45, 2.75) is 12.5 Å². The van der Waals surface area contributed by atoms with Crippen LogP contribution in [0.2, 0.25) is 0 Å². The van der Waals surface area contributed by atoms with Crippen molar-refractivity contribution in [3.05, 3.63) is 12.7 Å². The Kier molecular flexibility index (Phi) is 1.62. The van der Waals surface area contributed by atoms with Crippen LogP contribution in [-0.2, 0) is 0 Å². The van der Waals surface area contributed by atoms with E-state index >= 15 is 0 Å². The van der Waals surface area contributed by atoms with Gasteiger partial charge in [-0.3, -0.25) is 0 Å². The molecule has 1 heteroatoms. The number of aliphatic hydroxyl groups is 1. The fourth-order valence-electron chi connectivity index (χ4n) is 0.0481. The molecule has 0 aromatic heterocycles. The summed E-state index contributed by atoms with van der Waals surface area (Å²) in [5.74, 6) is 2.07. The molecule has 0 aromatic rings. The lowest BCUT2D eigenvalue weighted by molar-refractivity contribution is 0.174. The molecule has 0 spiro atoms. The van der Waals surface area contributed by atoms with Gasteiger partial charge in [-0.25, -0.2) is 0 Å². The second-order valence-electron chi connectivity index (χ2n) is 1.46. The van der Waals surface area contributed by atoms with E-state index in [1.807, 2.05) is 0 Å². The van der Waals surface area contributed by atoms with Gasteiger partial charge in [0.15, 0.2) is 0 Å². The molecule has 0 aliphatic heterocycles. The average molecular weight is 95.1 g/mol. The van der Waals surface area contributed by atoms with Crippen molar-refractivity contribution >= 4 is 0 Å². The Morgan fingerprint density at radius 1 is 1.86 bits per heavy atom. The Morgan fingerprint density at radius 2 is 2.29 bits per heavy atom. The number of rotatable bonds is 1. The molecule has 0 aliphatic carbocycles. The summed E-state index contributed by atoms with van der Waals surface area (Å²) in [6.45, 7) is 6.34. The molecular formula is C6H7O. The van der Waals surface area contributed by atoms with Crippen molar-refractivity contribution in [3.8, 4) is 12.3 Å². The van der Waals surface area contributed by atoms with Gasteiger partial charge in [0, 0.05) is 0 Å². The van der Waals surface area contributed by atoms with E-state index in [-0.39, 0.29) is 0 Å². The maximum Gasteiger partial charge on any atom is 0.141 e. The lowest BCUT2D eigenvalue weighted by atomic mass is 10.1. The highest BCUT2D eigenvalue weighted by atomic mass is 16.3. The predicted molar refractivity (Wildman–Crippen MR) is 28.3 cm³/mol. The summed E-state index contributed by atoms with van der Waals surface area (Å²) in [5, 5.41) is 8.72. The zero-order valence-electron chi connectivity index (χ0n) is 4.18. The topological polar surface area (TPSA) is 20.2 Å². The van der Waals surface area contributed by atoms with Crippen LogP contribution in [0.5, 0.6) is 0 Å². The zero-order valence-corrected chi connectivity index (χ0v) is 4.18. The molecule has 37 valence electrons. The normalized spacial score (nSPS) is 16.7. The quantitative estimate of drug-likeness (QED) is 0.466. The van der Waals surface area contributed by atoms with Gasteiger partial charge in [-0.1, -0.05) is 12.5 Å². The molecular weight excluding hydrogens is 88.1 g/mol. The number of hydrogen-bond acceptors (Lipinski definition) is 1. The molecule has 0 heterocycles. The van der Waals surface area contributed by atoms with Crippen molar-refractivity contribution < 1.29 is 5.11 Å². The van der Waals surface area contributed by atoms with Gasteiger partial charge in [0.2, 0.25) is 0 Å². The van der Waals surface area contributed by atoms with E-state index < -0.39 is 5.60 Å². The van der Waals surface area contributed by atoms with Crippen LogP contribution in [0.1, 0.15) is 6.92 Å². The van der Waals surface area contributed by atoms with Crippen molar-refractivity contribution in [1.82, 2.24) is 0 Å². The first kappa shape index (κ1) is 6.26. The van der Waals surface area contributed by atoms with Crippen LogP contribution in [0.25, 0.3) is 0 Å². The molecule has 0 aliphatic rings. The van der Waals surface area contributed by atoms with E-state index in [1.165, 1.54) is 6.92 Å². The van der Waals surface area contributed by atoms with Gasteiger partial charge in [0.25, 0.3) is 0 Å². The minimum absolute atomic E-state index is 1.06. The molecule has 0 saturated carbocycles. The van der Waals surface area contributed by atoms with E-state index in [9.17, 15) is 0 Å². The standard InChI is InChI=1S/C6H7O/c1-4-6(3,7)5-2/h1-2,4,7H,3H3. The SMILES string of the molecule is [CH]=CC(C)(O)C#C. The maximum atomic E-state index is 8.72. The van der Waals surface area contributed by atoms with Gasteiger partial charge >= 0.3 is 0 Å². The monoisotopic (exact) mass is 95.0 g/mol. The van der Waals surface area contributed by atoms with Crippen LogP contribution in [0, 0.1) is 18.9 Å². The number of terminal acetylenes is 1. The van der Waals surface area contributed by atoms with Crippen molar-refractivity contribution in [2.24, 2.45) is 0 Å². The third-order valence-electron chi connectivity index (χ3n) is 0.617. The summed E-state index contributed by atoms with van der Waals surface area (Å²) in [7, 11) is 0. The van der Waals surface area contributed by atoms with Crippen molar-refractivity contribution in [1.29, 1.82) is 0 Å². The summed E-state index contributed by atoms with van der Waals surface area (Å²) in [5.41, 5.74) is -1.24. The first-order valence-corrected chi connectivity index (χ1v) is 1.88. The van der Waals surface area contributed by atoms with Crippen LogP contribution in [0.15, 0.2) is 6.08 Å². The van der Waals surface area contributed by atoms with Gasteiger partial charge in [0.1, 0.15) is 5.60 Å². The van der Waals surface area contributed by atoms with Gasteiger partial charge in [-0.05, 0) is 13.0 Å². The van der Waals surface area contributed by atoms with Gasteiger partial charge in [-0.15, -0.1) is 6.42 Å². The Hall–Kier alpha value is -0.740. The van der Waals surface area contributed by atoms with E-state index in [1.54, 1.807) is 0 Å². The molecule has 0 saturated heterocycles.